The van der Waals surface area contributed by atoms with Crippen LogP contribution in [0.1, 0.15) is 5.56 Å². The van der Waals surface area contributed by atoms with E-state index in [2.05, 4.69) is 21.9 Å². The number of ether oxygens (including phenoxy) is 2. The van der Waals surface area contributed by atoms with Crippen LogP contribution in [0.15, 0.2) is 31.0 Å². The molecule has 3 N–H and O–H groups in total. The molecule has 1 amide bonds. The number of benzene rings is 1. The first-order valence-electron chi connectivity index (χ1n) is 6.55. The summed E-state index contributed by atoms with van der Waals surface area (Å²) in [5, 5.41) is 2.83. The number of aromatic nitrogens is 2. The van der Waals surface area contributed by atoms with Crippen LogP contribution in [-0.4, -0.2) is 29.6 Å². The van der Waals surface area contributed by atoms with Crippen LogP contribution in [0.25, 0.3) is 6.08 Å². The van der Waals surface area contributed by atoms with Gasteiger partial charge in [-0.25, -0.2) is 4.98 Å². The predicted octanol–water partition coefficient (Wildman–Crippen LogP) is 2.73. The average molecular weight is 335 g/mol. The van der Waals surface area contributed by atoms with E-state index in [1.165, 1.54) is 19.4 Å². The number of methoxy groups -OCH3 is 1. The molecule has 0 unspecified atom stereocenters. The fourth-order valence-corrected chi connectivity index (χ4v) is 1.97. The first-order chi connectivity index (χ1) is 11.0. The summed E-state index contributed by atoms with van der Waals surface area (Å²) >= 11 is 6.12. The van der Waals surface area contributed by atoms with Gasteiger partial charge in [0, 0.05) is 24.9 Å². The van der Waals surface area contributed by atoms with E-state index in [4.69, 9.17) is 26.8 Å². The third-order valence-electron chi connectivity index (χ3n) is 2.74. The van der Waals surface area contributed by atoms with Crippen LogP contribution in [0.3, 0.4) is 0 Å². The van der Waals surface area contributed by atoms with E-state index < -0.39 is 0 Å². The molecule has 0 saturated carbocycles. The highest BCUT2D eigenvalue weighted by molar-refractivity contribution is 6.34. The lowest BCUT2D eigenvalue weighted by Gasteiger charge is -2.11. The Morgan fingerprint density at radius 3 is 2.96 bits per heavy atom. The Balaban J connectivity index is 2.23. The molecule has 0 fully saturated rings. The van der Waals surface area contributed by atoms with Crippen LogP contribution in [0, 0.1) is 0 Å². The Kier molecular flexibility index (Phi) is 5.51. The summed E-state index contributed by atoms with van der Waals surface area (Å²) in [6.45, 7) is 3.59. The zero-order valence-electron chi connectivity index (χ0n) is 12.4. The molecular formula is C15H15ClN4O3. The van der Waals surface area contributed by atoms with Gasteiger partial charge in [-0.15, -0.1) is 0 Å². The van der Waals surface area contributed by atoms with Gasteiger partial charge in [0.15, 0.2) is 0 Å². The second-order valence-corrected chi connectivity index (χ2v) is 4.76. The Labute approximate surface area is 138 Å². The summed E-state index contributed by atoms with van der Waals surface area (Å²) in [6, 6.07) is 4.82. The van der Waals surface area contributed by atoms with Gasteiger partial charge in [0.05, 0.1) is 10.7 Å². The molecule has 0 atom stereocenters. The number of carbonyl (C=O) groups excluding carboxylic acids is 1. The number of hydrogen-bond donors (Lipinski definition) is 2. The molecule has 0 aliphatic heterocycles. The van der Waals surface area contributed by atoms with Gasteiger partial charge in [0.2, 0.25) is 11.8 Å². The van der Waals surface area contributed by atoms with Crippen molar-refractivity contribution >= 4 is 35.2 Å². The molecule has 23 heavy (non-hydrogen) atoms. The van der Waals surface area contributed by atoms with Crippen LogP contribution >= 0.6 is 11.6 Å². The molecule has 2 rings (SSSR count). The number of rotatable bonds is 6. The highest BCUT2D eigenvalue weighted by Crippen LogP contribution is 2.34. The minimum Gasteiger partial charge on any atom is -0.438 e. The van der Waals surface area contributed by atoms with Crippen molar-refractivity contribution in [1.82, 2.24) is 9.97 Å². The number of anilines is 2. The summed E-state index contributed by atoms with van der Waals surface area (Å²) in [7, 11) is 1.42. The maximum Gasteiger partial charge on any atom is 0.252 e. The number of nitrogens with one attached hydrogen (secondary N) is 1. The molecule has 0 saturated heterocycles. The van der Waals surface area contributed by atoms with Crippen molar-refractivity contribution in [3.63, 3.8) is 0 Å². The standard InChI is InChI=1S/C15H15ClN4O3/c1-3-9-11(5-4-10(17)14(9)16)23-13-6-7-18-15(20-13)19-12(21)8-22-2/h3-7H,1,8,17H2,2H3,(H,18,19,20,21). The molecule has 7 nitrogen and oxygen atoms in total. The lowest BCUT2D eigenvalue weighted by molar-refractivity contribution is -0.119. The van der Waals surface area contributed by atoms with Gasteiger partial charge < -0.3 is 15.2 Å². The molecule has 0 radical (unpaired) electrons. The second kappa shape index (κ2) is 7.57. The molecule has 8 heteroatoms. The molecule has 1 aromatic heterocycles. The number of carbonyl (C=O) groups is 1. The number of halogens is 1. The highest BCUT2D eigenvalue weighted by atomic mass is 35.5. The number of hydrogen-bond acceptors (Lipinski definition) is 6. The van der Waals surface area contributed by atoms with Gasteiger partial charge in [-0.2, -0.15) is 4.98 Å². The van der Waals surface area contributed by atoms with Crippen LogP contribution in [0.4, 0.5) is 11.6 Å². The number of nitrogens with zero attached hydrogens (tertiary/aromatic N) is 2. The third kappa shape index (κ3) is 4.18. The summed E-state index contributed by atoms with van der Waals surface area (Å²) in [5.74, 6) is 0.405. The third-order valence-corrected chi connectivity index (χ3v) is 3.17. The Hall–Kier alpha value is -2.64. The van der Waals surface area contributed by atoms with E-state index >= 15 is 0 Å². The maximum atomic E-state index is 11.5. The maximum absolute atomic E-state index is 11.5. The quantitative estimate of drug-likeness (QED) is 0.788. The van der Waals surface area contributed by atoms with Gasteiger partial charge in [-0.3, -0.25) is 10.1 Å². The van der Waals surface area contributed by atoms with Crippen molar-refractivity contribution in [3.8, 4) is 11.6 Å². The highest BCUT2D eigenvalue weighted by Gasteiger charge is 2.11. The van der Waals surface area contributed by atoms with Gasteiger partial charge >= 0.3 is 0 Å². The van der Waals surface area contributed by atoms with Crippen molar-refractivity contribution < 1.29 is 14.3 Å². The van der Waals surface area contributed by atoms with Crippen molar-refractivity contribution in [3.05, 3.63) is 41.6 Å². The zero-order valence-corrected chi connectivity index (χ0v) is 13.1. The molecule has 1 aromatic carbocycles. The number of nitrogen functional groups attached to an aromatic ring is 1. The van der Waals surface area contributed by atoms with Crippen molar-refractivity contribution in [2.24, 2.45) is 0 Å². The molecule has 0 aliphatic carbocycles. The molecule has 0 spiro atoms. The minimum absolute atomic E-state index is 0.0946. The van der Waals surface area contributed by atoms with Crippen LogP contribution in [0.2, 0.25) is 5.02 Å². The zero-order chi connectivity index (χ0) is 16.8. The first-order valence-corrected chi connectivity index (χ1v) is 6.93. The lowest BCUT2D eigenvalue weighted by Crippen LogP contribution is -2.18. The molecule has 0 bridgehead atoms. The number of amides is 1. The number of nitrogens with two attached hydrogens (primary N) is 1. The van der Waals surface area contributed by atoms with Crippen molar-refractivity contribution in [1.29, 1.82) is 0 Å². The minimum atomic E-state index is -0.369. The Morgan fingerprint density at radius 2 is 2.26 bits per heavy atom. The first kappa shape index (κ1) is 16.7. The van der Waals surface area contributed by atoms with E-state index in [1.807, 2.05) is 0 Å². The van der Waals surface area contributed by atoms with Crippen molar-refractivity contribution in [2.45, 2.75) is 0 Å². The average Bonchev–Trinajstić information content (AvgIpc) is 2.52. The second-order valence-electron chi connectivity index (χ2n) is 4.39. The molecule has 2 aromatic rings. The fourth-order valence-electron chi connectivity index (χ4n) is 1.74. The van der Waals surface area contributed by atoms with E-state index in [-0.39, 0.29) is 24.3 Å². The molecule has 1 heterocycles. The topological polar surface area (TPSA) is 99.4 Å². The van der Waals surface area contributed by atoms with Crippen molar-refractivity contribution in [2.75, 3.05) is 24.8 Å². The molecule has 0 aliphatic rings. The van der Waals surface area contributed by atoms with E-state index in [9.17, 15) is 4.79 Å². The largest absolute Gasteiger partial charge is 0.438 e. The van der Waals surface area contributed by atoms with Gasteiger partial charge in [0.1, 0.15) is 12.4 Å². The van der Waals surface area contributed by atoms with E-state index in [0.29, 0.717) is 22.0 Å². The Bertz CT molecular complexity index is 737. The lowest BCUT2D eigenvalue weighted by atomic mass is 10.2. The SMILES string of the molecule is C=Cc1c(Oc2ccnc(NC(=O)COC)n2)ccc(N)c1Cl. The van der Waals surface area contributed by atoms with E-state index in [0.717, 1.165) is 0 Å². The van der Waals surface area contributed by atoms with Gasteiger partial charge in [0.25, 0.3) is 5.91 Å². The van der Waals surface area contributed by atoms with Crippen LogP contribution < -0.4 is 15.8 Å². The van der Waals surface area contributed by atoms with Crippen LogP contribution in [-0.2, 0) is 9.53 Å². The summed E-state index contributed by atoms with van der Waals surface area (Å²) in [6.07, 6.45) is 2.99. The summed E-state index contributed by atoms with van der Waals surface area (Å²) in [5.41, 5.74) is 6.72. The van der Waals surface area contributed by atoms with Gasteiger partial charge in [-0.05, 0) is 12.1 Å². The molecular weight excluding hydrogens is 320 g/mol. The monoisotopic (exact) mass is 334 g/mol. The van der Waals surface area contributed by atoms with Gasteiger partial charge in [-0.1, -0.05) is 24.3 Å². The van der Waals surface area contributed by atoms with Crippen LogP contribution in [0.5, 0.6) is 11.6 Å². The Morgan fingerprint density at radius 1 is 1.48 bits per heavy atom. The summed E-state index contributed by atoms with van der Waals surface area (Å²) < 4.78 is 10.4. The predicted molar refractivity (Wildman–Crippen MR) is 88.6 cm³/mol. The smallest absolute Gasteiger partial charge is 0.252 e. The normalized spacial score (nSPS) is 10.2. The molecule has 120 valence electrons. The van der Waals surface area contributed by atoms with E-state index in [1.54, 1.807) is 18.2 Å². The summed E-state index contributed by atoms with van der Waals surface area (Å²) in [4.78, 5) is 19.5. The fraction of sp³-hybridized carbons (Fsp3) is 0.133.